The molecule has 3 rings (SSSR count). The molecule has 2 aromatic carbocycles. The highest BCUT2D eigenvalue weighted by atomic mass is 16.6. The van der Waals surface area contributed by atoms with Gasteiger partial charge in [-0.25, -0.2) is 0 Å². The highest BCUT2D eigenvalue weighted by Gasteiger charge is 2.39. The molecule has 6 nitrogen and oxygen atoms in total. The van der Waals surface area contributed by atoms with E-state index in [1.54, 1.807) is 20.2 Å². The second kappa shape index (κ2) is 6.00. The molecule has 0 saturated heterocycles. The fourth-order valence-corrected chi connectivity index (χ4v) is 2.78. The molecule has 1 atom stereocenters. The van der Waals surface area contributed by atoms with Gasteiger partial charge in [0.15, 0.2) is 0 Å². The quantitative estimate of drug-likeness (QED) is 0.694. The third-order valence-corrected chi connectivity index (χ3v) is 3.80. The summed E-state index contributed by atoms with van der Waals surface area (Å²) in [7, 11) is 3.18. The maximum Gasteiger partial charge on any atom is 0.317 e. The van der Waals surface area contributed by atoms with Gasteiger partial charge in [-0.15, -0.1) is 0 Å². The minimum absolute atomic E-state index is 0.0144. The molecule has 0 amide bonds. The molecule has 2 aromatic rings. The Balaban J connectivity index is 2.24. The minimum Gasteiger partial charge on any atom is -0.497 e. The summed E-state index contributed by atoms with van der Waals surface area (Å²) in [5.74, 6) is 0.879. The van der Waals surface area contributed by atoms with Gasteiger partial charge in [0.2, 0.25) is 0 Å². The molecule has 0 bridgehead atoms. The number of allylic oxidation sites excluding steroid dienone is 1. The maximum atomic E-state index is 11.7. The molecular weight excluding hydrogens is 296 g/mol. The van der Waals surface area contributed by atoms with Crippen molar-refractivity contribution in [1.29, 1.82) is 0 Å². The van der Waals surface area contributed by atoms with Crippen molar-refractivity contribution in [3.63, 3.8) is 0 Å². The van der Waals surface area contributed by atoms with Gasteiger partial charge in [0, 0.05) is 12.6 Å². The summed E-state index contributed by atoms with van der Waals surface area (Å²) in [6, 6.07) is 14.6. The molecule has 0 fully saturated rings. The number of para-hydroxylation sites is 1. The lowest BCUT2D eigenvalue weighted by atomic mass is 9.86. The first-order valence-corrected chi connectivity index (χ1v) is 7.12. The van der Waals surface area contributed by atoms with E-state index in [1.165, 1.54) is 0 Å². The summed E-state index contributed by atoms with van der Waals surface area (Å²) < 4.78 is 10.9. The first-order chi connectivity index (χ1) is 11.2. The van der Waals surface area contributed by atoms with Crippen molar-refractivity contribution < 1.29 is 14.4 Å². The summed E-state index contributed by atoms with van der Waals surface area (Å²) in [5.41, 5.74) is 1.52. The molecule has 0 aliphatic carbocycles. The lowest BCUT2D eigenvalue weighted by Gasteiger charge is -2.25. The zero-order valence-corrected chi connectivity index (χ0v) is 12.8. The average molecular weight is 312 g/mol. The van der Waals surface area contributed by atoms with Crippen LogP contribution in [-0.2, 0) is 0 Å². The zero-order chi connectivity index (χ0) is 16.4. The summed E-state index contributed by atoms with van der Waals surface area (Å²) in [6.45, 7) is 0. The molecule has 1 N–H and O–H groups in total. The van der Waals surface area contributed by atoms with Gasteiger partial charge >= 0.3 is 5.70 Å². The largest absolute Gasteiger partial charge is 0.497 e. The summed E-state index contributed by atoms with van der Waals surface area (Å²) >= 11 is 0. The van der Waals surface area contributed by atoms with Crippen LogP contribution in [0.5, 0.6) is 11.5 Å². The number of hydrogen-bond donors (Lipinski definition) is 1. The Kier molecular flexibility index (Phi) is 3.89. The van der Waals surface area contributed by atoms with Crippen LogP contribution in [0.1, 0.15) is 17.0 Å². The van der Waals surface area contributed by atoms with E-state index in [0.717, 1.165) is 11.1 Å². The zero-order valence-electron chi connectivity index (χ0n) is 12.8. The van der Waals surface area contributed by atoms with E-state index in [9.17, 15) is 10.1 Å². The van der Waals surface area contributed by atoms with E-state index in [1.807, 2.05) is 42.5 Å². The highest BCUT2D eigenvalue weighted by molar-refractivity contribution is 5.51. The Morgan fingerprint density at radius 2 is 2.00 bits per heavy atom. The van der Waals surface area contributed by atoms with Crippen LogP contribution >= 0.6 is 0 Å². The van der Waals surface area contributed by atoms with Gasteiger partial charge in [0.25, 0.3) is 5.88 Å². The Labute approximate surface area is 133 Å². The van der Waals surface area contributed by atoms with Gasteiger partial charge in [-0.2, -0.15) is 0 Å². The van der Waals surface area contributed by atoms with Crippen molar-refractivity contribution in [3.05, 3.63) is 81.4 Å². The van der Waals surface area contributed by atoms with E-state index in [2.05, 4.69) is 5.32 Å². The van der Waals surface area contributed by atoms with Crippen LogP contribution < -0.4 is 14.8 Å². The lowest BCUT2D eigenvalue weighted by Crippen LogP contribution is -2.27. The van der Waals surface area contributed by atoms with Crippen LogP contribution in [0.2, 0.25) is 0 Å². The number of rotatable bonds is 4. The highest BCUT2D eigenvalue weighted by Crippen LogP contribution is 2.43. The fraction of sp³-hybridized carbons (Fsp3) is 0.176. The Morgan fingerprint density at radius 3 is 2.70 bits per heavy atom. The summed E-state index contributed by atoms with van der Waals surface area (Å²) in [6.07, 6.45) is 0. The van der Waals surface area contributed by atoms with Crippen LogP contribution in [0, 0.1) is 10.1 Å². The molecule has 1 aliphatic rings. The van der Waals surface area contributed by atoms with Crippen LogP contribution in [0.25, 0.3) is 0 Å². The molecule has 118 valence electrons. The van der Waals surface area contributed by atoms with Gasteiger partial charge < -0.3 is 14.8 Å². The number of nitrogens with zero attached hydrogens (tertiary/aromatic N) is 1. The molecule has 6 heteroatoms. The number of nitro groups is 1. The monoisotopic (exact) mass is 312 g/mol. The molecule has 0 aromatic heterocycles. The van der Waals surface area contributed by atoms with E-state index in [-0.39, 0.29) is 11.6 Å². The number of methoxy groups -OCH3 is 1. The van der Waals surface area contributed by atoms with E-state index in [4.69, 9.17) is 9.47 Å². The number of benzene rings is 2. The molecule has 0 saturated carbocycles. The number of hydrogen-bond acceptors (Lipinski definition) is 5. The first kappa shape index (κ1) is 14.9. The maximum absolute atomic E-state index is 11.7. The minimum atomic E-state index is -0.535. The van der Waals surface area contributed by atoms with Gasteiger partial charge in [0.05, 0.1) is 12.0 Å². The van der Waals surface area contributed by atoms with Crippen molar-refractivity contribution in [3.8, 4) is 11.5 Å². The number of fused-ring (bicyclic) bond motifs is 1. The topological polar surface area (TPSA) is 73.6 Å². The Morgan fingerprint density at radius 1 is 1.22 bits per heavy atom. The van der Waals surface area contributed by atoms with Gasteiger partial charge in [-0.3, -0.25) is 10.1 Å². The van der Waals surface area contributed by atoms with Crippen LogP contribution in [-0.4, -0.2) is 19.1 Å². The van der Waals surface area contributed by atoms with E-state index in [0.29, 0.717) is 11.5 Å². The molecular formula is C17H16N2O4. The van der Waals surface area contributed by atoms with E-state index < -0.39 is 10.8 Å². The van der Waals surface area contributed by atoms with Crippen molar-refractivity contribution in [2.45, 2.75) is 5.92 Å². The normalized spacial score (nSPS) is 16.3. The molecule has 0 spiro atoms. The van der Waals surface area contributed by atoms with Gasteiger partial charge in [0.1, 0.15) is 17.4 Å². The standard InChI is InChI=1S/C17H16N2O4/c1-18-17-16(19(20)21)15(11-6-5-7-12(10-11)22-2)13-8-3-4-9-14(13)23-17/h3-10,15,18H,1-2H3. The molecule has 1 heterocycles. The molecule has 0 radical (unpaired) electrons. The predicted molar refractivity (Wildman–Crippen MR) is 85.0 cm³/mol. The molecule has 1 aliphatic heterocycles. The first-order valence-electron chi connectivity index (χ1n) is 7.12. The average Bonchev–Trinajstić information content (AvgIpc) is 2.59. The fourth-order valence-electron chi connectivity index (χ4n) is 2.78. The van der Waals surface area contributed by atoms with Crippen molar-refractivity contribution in [1.82, 2.24) is 5.32 Å². The number of ether oxygens (including phenoxy) is 2. The lowest BCUT2D eigenvalue weighted by molar-refractivity contribution is -0.432. The van der Waals surface area contributed by atoms with Crippen molar-refractivity contribution in [2.24, 2.45) is 0 Å². The van der Waals surface area contributed by atoms with Gasteiger partial charge in [-0.1, -0.05) is 30.3 Å². The SMILES string of the molecule is CNC1=C([N+](=O)[O-])C(c2cccc(OC)c2)c2ccccc2O1. The second-order valence-electron chi connectivity index (χ2n) is 5.07. The second-order valence-corrected chi connectivity index (χ2v) is 5.07. The van der Waals surface area contributed by atoms with Crippen LogP contribution in [0.15, 0.2) is 60.1 Å². The Hall–Kier alpha value is -3.02. The third-order valence-electron chi connectivity index (χ3n) is 3.80. The van der Waals surface area contributed by atoms with Crippen molar-refractivity contribution in [2.75, 3.05) is 14.2 Å². The van der Waals surface area contributed by atoms with Crippen LogP contribution in [0.4, 0.5) is 0 Å². The van der Waals surface area contributed by atoms with Gasteiger partial charge in [-0.05, 0) is 23.8 Å². The molecule has 1 unspecified atom stereocenters. The summed E-state index contributed by atoms with van der Waals surface area (Å²) in [4.78, 5) is 11.3. The Bertz CT molecular complexity index is 786. The van der Waals surface area contributed by atoms with E-state index >= 15 is 0 Å². The predicted octanol–water partition coefficient (Wildman–Crippen LogP) is 2.88. The van der Waals surface area contributed by atoms with Crippen LogP contribution in [0.3, 0.4) is 0 Å². The number of nitrogens with one attached hydrogen (secondary N) is 1. The smallest absolute Gasteiger partial charge is 0.317 e. The summed E-state index contributed by atoms with van der Waals surface area (Å²) in [5, 5.41) is 14.5. The van der Waals surface area contributed by atoms with Crippen molar-refractivity contribution >= 4 is 0 Å². The molecule has 23 heavy (non-hydrogen) atoms. The third kappa shape index (κ3) is 2.59.